The number of benzene rings is 1. The van der Waals surface area contributed by atoms with Gasteiger partial charge in [0.05, 0.1) is 5.69 Å². The van der Waals surface area contributed by atoms with Gasteiger partial charge in [0.25, 0.3) is 0 Å². The number of fused-ring (bicyclic) bond motifs is 1. The summed E-state index contributed by atoms with van der Waals surface area (Å²) in [6.45, 7) is 2.93. The fourth-order valence-electron chi connectivity index (χ4n) is 3.69. The van der Waals surface area contributed by atoms with Gasteiger partial charge in [0.15, 0.2) is 5.65 Å². The summed E-state index contributed by atoms with van der Waals surface area (Å²) in [6, 6.07) is 10.9. The van der Waals surface area contributed by atoms with Crippen molar-refractivity contribution in [3.63, 3.8) is 0 Å². The molecule has 24 heavy (non-hydrogen) atoms. The molecule has 5 heteroatoms. The second kappa shape index (κ2) is 6.32. The maximum atomic E-state index is 13.1. The van der Waals surface area contributed by atoms with Crippen LogP contribution in [0.15, 0.2) is 42.6 Å². The van der Waals surface area contributed by atoms with E-state index in [1.54, 1.807) is 0 Å². The standard InChI is InChI=1S/C19H21FN4/c1-23-19-17(5-2-10-21-19)18(22-23)15-4-3-11-24(13-15)12-14-6-8-16(20)9-7-14/h2,5-10,15H,3-4,11-13H2,1H3/t15-/m1/s1. The van der Waals surface area contributed by atoms with Crippen molar-refractivity contribution in [2.45, 2.75) is 25.3 Å². The lowest BCUT2D eigenvalue weighted by Gasteiger charge is -2.32. The van der Waals surface area contributed by atoms with Gasteiger partial charge in [-0.1, -0.05) is 12.1 Å². The zero-order valence-electron chi connectivity index (χ0n) is 13.8. The third-order valence-electron chi connectivity index (χ3n) is 4.84. The van der Waals surface area contributed by atoms with Crippen LogP contribution in [0.1, 0.15) is 30.0 Å². The van der Waals surface area contributed by atoms with E-state index in [0.717, 1.165) is 54.8 Å². The number of hydrogen-bond acceptors (Lipinski definition) is 3. The van der Waals surface area contributed by atoms with E-state index in [2.05, 4.69) is 16.0 Å². The topological polar surface area (TPSA) is 34.0 Å². The number of likely N-dealkylation sites (tertiary alicyclic amines) is 1. The lowest BCUT2D eigenvalue weighted by Crippen LogP contribution is -2.34. The molecule has 124 valence electrons. The van der Waals surface area contributed by atoms with Crippen molar-refractivity contribution in [1.29, 1.82) is 0 Å². The van der Waals surface area contributed by atoms with E-state index >= 15 is 0 Å². The van der Waals surface area contributed by atoms with Gasteiger partial charge in [0, 0.05) is 37.6 Å². The molecule has 1 aliphatic rings. The molecule has 0 unspecified atom stereocenters. The Balaban J connectivity index is 1.55. The van der Waals surface area contributed by atoms with E-state index in [0.29, 0.717) is 5.92 Å². The molecule has 2 aromatic heterocycles. The Morgan fingerprint density at radius 3 is 2.88 bits per heavy atom. The smallest absolute Gasteiger partial charge is 0.157 e. The van der Waals surface area contributed by atoms with Gasteiger partial charge in [0.2, 0.25) is 0 Å². The number of aryl methyl sites for hydroxylation is 1. The summed E-state index contributed by atoms with van der Waals surface area (Å²) in [7, 11) is 1.96. The number of hydrogen-bond donors (Lipinski definition) is 0. The molecule has 3 heterocycles. The lowest BCUT2D eigenvalue weighted by molar-refractivity contribution is 0.198. The van der Waals surface area contributed by atoms with Gasteiger partial charge in [-0.15, -0.1) is 0 Å². The van der Waals surface area contributed by atoms with Crippen LogP contribution in [0.3, 0.4) is 0 Å². The van der Waals surface area contributed by atoms with Gasteiger partial charge in [-0.3, -0.25) is 9.58 Å². The summed E-state index contributed by atoms with van der Waals surface area (Å²) in [5.41, 5.74) is 3.26. The summed E-state index contributed by atoms with van der Waals surface area (Å²) < 4.78 is 14.9. The highest BCUT2D eigenvalue weighted by atomic mass is 19.1. The van der Waals surface area contributed by atoms with Gasteiger partial charge in [0.1, 0.15) is 5.82 Å². The van der Waals surface area contributed by atoms with Crippen molar-refractivity contribution in [3.8, 4) is 0 Å². The summed E-state index contributed by atoms with van der Waals surface area (Å²) >= 11 is 0. The molecule has 0 radical (unpaired) electrons. The summed E-state index contributed by atoms with van der Waals surface area (Å²) in [6.07, 6.45) is 4.13. The number of aromatic nitrogens is 3. The third kappa shape index (κ3) is 2.91. The van der Waals surface area contributed by atoms with Gasteiger partial charge in [-0.2, -0.15) is 5.10 Å². The van der Waals surface area contributed by atoms with Crippen LogP contribution >= 0.6 is 0 Å². The maximum absolute atomic E-state index is 13.1. The van der Waals surface area contributed by atoms with Crippen LogP contribution in [0.4, 0.5) is 4.39 Å². The van der Waals surface area contributed by atoms with Crippen molar-refractivity contribution < 1.29 is 4.39 Å². The Morgan fingerprint density at radius 1 is 1.21 bits per heavy atom. The second-order valence-corrected chi connectivity index (χ2v) is 6.58. The van der Waals surface area contributed by atoms with Crippen molar-refractivity contribution in [2.75, 3.05) is 13.1 Å². The normalized spacial score (nSPS) is 19.0. The lowest BCUT2D eigenvalue weighted by atomic mass is 9.93. The van der Waals surface area contributed by atoms with Crippen LogP contribution in [-0.4, -0.2) is 32.8 Å². The molecule has 1 atom stereocenters. The van der Waals surface area contributed by atoms with E-state index in [1.807, 2.05) is 36.1 Å². The Labute approximate surface area is 140 Å². The Kier molecular flexibility index (Phi) is 4.02. The van der Waals surface area contributed by atoms with Crippen LogP contribution in [0.2, 0.25) is 0 Å². The molecule has 0 spiro atoms. The van der Waals surface area contributed by atoms with Gasteiger partial charge in [-0.25, -0.2) is 9.37 Å². The largest absolute Gasteiger partial charge is 0.298 e. The number of rotatable bonds is 3. The summed E-state index contributed by atoms with van der Waals surface area (Å²) in [4.78, 5) is 6.89. The number of nitrogens with zero attached hydrogens (tertiary/aromatic N) is 4. The Hall–Kier alpha value is -2.27. The number of piperidine rings is 1. The first-order chi connectivity index (χ1) is 11.7. The predicted octanol–water partition coefficient (Wildman–Crippen LogP) is 3.49. The number of pyridine rings is 1. The second-order valence-electron chi connectivity index (χ2n) is 6.58. The average Bonchev–Trinajstić information content (AvgIpc) is 2.95. The minimum atomic E-state index is -0.178. The van der Waals surface area contributed by atoms with E-state index in [9.17, 15) is 4.39 Å². The minimum Gasteiger partial charge on any atom is -0.298 e. The van der Waals surface area contributed by atoms with Gasteiger partial charge >= 0.3 is 0 Å². The maximum Gasteiger partial charge on any atom is 0.157 e. The quantitative estimate of drug-likeness (QED) is 0.739. The predicted molar refractivity (Wildman–Crippen MR) is 92.2 cm³/mol. The monoisotopic (exact) mass is 324 g/mol. The molecule has 1 fully saturated rings. The molecule has 1 aliphatic heterocycles. The highest BCUT2D eigenvalue weighted by Crippen LogP contribution is 2.31. The molecule has 0 amide bonds. The van der Waals surface area contributed by atoms with Crippen LogP contribution < -0.4 is 0 Å². The molecular weight excluding hydrogens is 303 g/mol. The van der Waals surface area contributed by atoms with Crippen LogP contribution in [0, 0.1) is 5.82 Å². The zero-order valence-corrected chi connectivity index (χ0v) is 13.8. The van der Waals surface area contributed by atoms with Crippen molar-refractivity contribution in [1.82, 2.24) is 19.7 Å². The average molecular weight is 324 g/mol. The first kappa shape index (κ1) is 15.3. The van der Waals surface area contributed by atoms with Crippen molar-refractivity contribution >= 4 is 11.0 Å². The molecule has 1 aromatic carbocycles. The minimum absolute atomic E-state index is 0.178. The zero-order chi connectivity index (χ0) is 16.5. The first-order valence-electron chi connectivity index (χ1n) is 8.45. The molecule has 1 saturated heterocycles. The van der Waals surface area contributed by atoms with Gasteiger partial charge < -0.3 is 0 Å². The van der Waals surface area contributed by atoms with Crippen LogP contribution in [0.25, 0.3) is 11.0 Å². The van der Waals surface area contributed by atoms with E-state index in [1.165, 1.54) is 12.1 Å². The molecule has 4 nitrogen and oxygen atoms in total. The summed E-state index contributed by atoms with van der Waals surface area (Å²) in [5.74, 6) is 0.245. The molecule has 4 rings (SSSR count). The molecule has 0 saturated carbocycles. The SMILES string of the molecule is Cn1nc([C@@H]2CCCN(Cc3ccc(F)cc3)C2)c2cccnc21. The van der Waals surface area contributed by atoms with E-state index < -0.39 is 0 Å². The van der Waals surface area contributed by atoms with Crippen molar-refractivity contribution in [2.24, 2.45) is 7.05 Å². The molecular formula is C19H21FN4. The van der Waals surface area contributed by atoms with Gasteiger partial charge in [-0.05, 0) is 49.2 Å². The fraction of sp³-hybridized carbons (Fsp3) is 0.368. The Morgan fingerprint density at radius 2 is 2.04 bits per heavy atom. The first-order valence-corrected chi connectivity index (χ1v) is 8.45. The summed E-state index contributed by atoms with van der Waals surface area (Å²) in [5, 5.41) is 5.91. The fourth-order valence-corrected chi connectivity index (χ4v) is 3.69. The highest BCUT2D eigenvalue weighted by Gasteiger charge is 2.25. The molecule has 3 aromatic rings. The molecule has 0 aliphatic carbocycles. The van der Waals surface area contributed by atoms with E-state index in [-0.39, 0.29) is 5.82 Å². The third-order valence-corrected chi connectivity index (χ3v) is 4.84. The highest BCUT2D eigenvalue weighted by molar-refractivity contribution is 5.78. The number of halogens is 1. The van der Waals surface area contributed by atoms with Crippen LogP contribution in [0.5, 0.6) is 0 Å². The molecule has 0 bridgehead atoms. The molecule has 0 N–H and O–H groups in total. The van der Waals surface area contributed by atoms with Crippen molar-refractivity contribution in [3.05, 3.63) is 59.7 Å². The van der Waals surface area contributed by atoms with Crippen LogP contribution in [-0.2, 0) is 13.6 Å². The van der Waals surface area contributed by atoms with E-state index in [4.69, 9.17) is 5.10 Å². The Bertz CT molecular complexity index is 840.